The molecule has 1 atom stereocenters. The van der Waals surface area contributed by atoms with Crippen LogP contribution in [0, 0.1) is 18.3 Å². The first-order valence-corrected chi connectivity index (χ1v) is 12.6. The lowest BCUT2D eigenvalue weighted by Gasteiger charge is -2.33. The molecule has 2 N–H and O–H groups in total. The summed E-state index contributed by atoms with van der Waals surface area (Å²) in [4.78, 5) is 29.7. The number of carbonyl (C=O) groups is 2. The van der Waals surface area contributed by atoms with Crippen molar-refractivity contribution in [3.8, 4) is 0 Å². The molecule has 4 rings (SSSR count). The molecule has 0 bridgehead atoms. The van der Waals surface area contributed by atoms with Gasteiger partial charge in [0.25, 0.3) is 5.91 Å². The van der Waals surface area contributed by atoms with Crippen LogP contribution in [0.1, 0.15) is 66.4 Å². The van der Waals surface area contributed by atoms with Crippen LogP contribution in [0.3, 0.4) is 0 Å². The molecule has 2 aliphatic rings. The average molecular weight is 454 g/mol. The third-order valence-corrected chi connectivity index (χ3v) is 7.98. The molecule has 1 fully saturated rings. The lowest BCUT2D eigenvalue weighted by Crippen LogP contribution is -2.31. The number of amides is 2. The summed E-state index contributed by atoms with van der Waals surface area (Å²) in [5, 5.41) is 6.88. The predicted molar refractivity (Wildman–Crippen MR) is 133 cm³/mol. The van der Waals surface area contributed by atoms with E-state index in [2.05, 4.69) is 36.3 Å². The van der Waals surface area contributed by atoms with E-state index in [0.29, 0.717) is 23.0 Å². The van der Waals surface area contributed by atoms with Crippen molar-refractivity contribution in [3.63, 3.8) is 0 Å². The normalized spacial score (nSPS) is 18.9. The Morgan fingerprint density at radius 2 is 1.91 bits per heavy atom. The van der Waals surface area contributed by atoms with Crippen molar-refractivity contribution in [1.29, 1.82) is 0 Å². The molecule has 0 unspecified atom stereocenters. The zero-order valence-electron chi connectivity index (χ0n) is 19.7. The van der Waals surface area contributed by atoms with Crippen LogP contribution < -0.4 is 10.6 Å². The van der Waals surface area contributed by atoms with Crippen molar-refractivity contribution in [2.45, 2.75) is 59.8 Å². The second kappa shape index (κ2) is 9.36. The lowest BCUT2D eigenvalue weighted by atomic mass is 9.72. The SMILES string of the molecule is Cc1cccc(NC(=O)c2c(NC(=O)CN3CCCC3)sc3c2CC[C@H](C(C)(C)C)C3)c1. The van der Waals surface area contributed by atoms with Gasteiger partial charge in [0.1, 0.15) is 5.00 Å². The van der Waals surface area contributed by atoms with Crippen molar-refractivity contribution in [2.24, 2.45) is 11.3 Å². The number of aryl methyl sites for hydroxylation is 1. The van der Waals surface area contributed by atoms with Gasteiger partial charge in [0.05, 0.1) is 12.1 Å². The molecule has 1 aromatic heterocycles. The highest BCUT2D eigenvalue weighted by atomic mass is 32.1. The molecule has 1 saturated heterocycles. The first kappa shape index (κ1) is 23.0. The summed E-state index contributed by atoms with van der Waals surface area (Å²) >= 11 is 1.60. The number of nitrogens with zero attached hydrogens (tertiary/aromatic N) is 1. The number of benzene rings is 1. The molecule has 0 saturated carbocycles. The molecular formula is C26H35N3O2S. The van der Waals surface area contributed by atoms with Gasteiger partial charge in [-0.15, -0.1) is 11.3 Å². The van der Waals surface area contributed by atoms with E-state index in [9.17, 15) is 9.59 Å². The molecule has 1 aromatic carbocycles. The van der Waals surface area contributed by atoms with Gasteiger partial charge in [0.2, 0.25) is 5.91 Å². The molecule has 2 amide bonds. The number of likely N-dealkylation sites (tertiary alicyclic amines) is 1. The highest BCUT2D eigenvalue weighted by Gasteiger charge is 2.34. The van der Waals surface area contributed by atoms with Crippen LogP contribution in [0.25, 0.3) is 0 Å². The number of thiophene rings is 1. The Labute approximate surface area is 195 Å². The second-order valence-electron chi connectivity index (χ2n) is 10.4. The number of fused-ring (bicyclic) bond motifs is 1. The Morgan fingerprint density at radius 3 is 2.59 bits per heavy atom. The number of rotatable bonds is 5. The molecule has 32 heavy (non-hydrogen) atoms. The Bertz CT molecular complexity index is 999. The van der Waals surface area contributed by atoms with Crippen molar-refractivity contribution < 1.29 is 9.59 Å². The number of carbonyl (C=O) groups excluding carboxylic acids is 2. The van der Waals surface area contributed by atoms with Crippen molar-refractivity contribution in [1.82, 2.24) is 4.90 Å². The first-order valence-electron chi connectivity index (χ1n) is 11.8. The van der Waals surface area contributed by atoms with Gasteiger partial charge in [-0.2, -0.15) is 0 Å². The quantitative estimate of drug-likeness (QED) is 0.629. The molecule has 0 radical (unpaired) electrons. The minimum Gasteiger partial charge on any atom is -0.322 e. The monoisotopic (exact) mass is 453 g/mol. The summed E-state index contributed by atoms with van der Waals surface area (Å²) in [6, 6.07) is 7.84. The van der Waals surface area contributed by atoms with E-state index in [4.69, 9.17) is 0 Å². The molecule has 5 nitrogen and oxygen atoms in total. The smallest absolute Gasteiger partial charge is 0.258 e. The van der Waals surface area contributed by atoms with E-state index in [0.717, 1.165) is 62.0 Å². The van der Waals surface area contributed by atoms with Gasteiger partial charge in [-0.3, -0.25) is 14.5 Å². The minimum atomic E-state index is -0.126. The third-order valence-electron chi connectivity index (χ3n) is 6.81. The average Bonchev–Trinajstić information content (AvgIpc) is 3.33. The topological polar surface area (TPSA) is 61.4 Å². The molecule has 172 valence electrons. The molecule has 1 aliphatic heterocycles. The van der Waals surface area contributed by atoms with Crippen molar-refractivity contribution in [2.75, 3.05) is 30.3 Å². The van der Waals surface area contributed by atoms with Crippen LogP contribution in [0.15, 0.2) is 24.3 Å². The Hall–Kier alpha value is -2.18. The lowest BCUT2D eigenvalue weighted by molar-refractivity contribution is -0.117. The third kappa shape index (κ3) is 5.24. The van der Waals surface area contributed by atoms with Crippen molar-refractivity contribution in [3.05, 3.63) is 45.8 Å². The Kier molecular flexibility index (Phi) is 6.72. The van der Waals surface area contributed by atoms with Gasteiger partial charge < -0.3 is 10.6 Å². The molecular weight excluding hydrogens is 418 g/mol. The van der Waals surface area contributed by atoms with E-state index in [1.807, 2.05) is 31.2 Å². The number of nitrogens with one attached hydrogen (secondary N) is 2. The zero-order valence-corrected chi connectivity index (χ0v) is 20.5. The van der Waals surface area contributed by atoms with Gasteiger partial charge in [-0.1, -0.05) is 32.9 Å². The highest BCUT2D eigenvalue weighted by molar-refractivity contribution is 7.17. The minimum absolute atomic E-state index is 0.0255. The maximum atomic E-state index is 13.4. The zero-order chi connectivity index (χ0) is 22.9. The molecule has 6 heteroatoms. The maximum absolute atomic E-state index is 13.4. The number of hydrogen-bond acceptors (Lipinski definition) is 4. The molecule has 0 spiro atoms. The maximum Gasteiger partial charge on any atom is 0.258 e. The summed E-state index contributed by atoms with van der Waals surface area (Å²) < 4.78 is 0. The summed E-state index contributed by atoms with van der Waals surface area (Å²) in [5.74, 6) is 0.427. The van der Waals surface area contributed by atoms with Gasteiger partial charge >= 0.3 is 0 Å². The standard InChI is InChI=1S/C26H35N3O2S/c1-17-8-7-9-19(14-17)27-24(31)23-20-11-10-18(26(2,3)4)15-21(20)32-25(23)28-22(30)16-29-12-5-6-13-29/h7-9,14,18H,5-6,10-13,15-16H2,1-4H3,(H,27,31)(H,28,30)/t18-/m0/s1. The van der Waals surface area contributed by atoms with Gasteiger partial charge in [0, 0.05) is 10.6 Å². The van der Waals surface area contributed by atoms with Crippen LogP contribution in [0.2, 0.25) is 0 Å². The van der Waals surface area contributed by atoms with Crippen molar-refractivity contribution >= 4 is 33.8 Å². The van der Waals surface area contributed by atoms with E-state index in [1.54, 1.807) is 11.3 Å². The number of hydrogen-bond donors (Lipinski definition) is 2. The summed E-state index contributed by atoms with van der Waals surface area (Å²) in [5.41, 5.74) is 3.89. The fourth-order valence-corrected chi connectivity index (χ4v) is 6.22. The van der Waals surface area contributed by atoms with E-state index >= 15 is 0 Å². The van der Waals surface area contributed by atoms with Crippen LogP contribution in [-0.4, -0.2) is 36.3 Å². The Balaban J connectivity index is 1.61. The van der Waals surface area contributed by atoms with Crippen LogP contribution in [0.4, 0.5) is 10.7 Å². The molecule has 1 aliphatic carbocycles. The fraction of sp³-hybridized carbons (Fsp3) is 0.538. The largest absolute Gasteiger partial charge is 0.322 e. The summed E-state index contributed by atoms with van der Waals surface area (Å²) in [7, 11) is 0. The predicted octanol–water partition coefficient (Wildman–Crippen LogP) is 5.49. The Morgan fingerprint density at radius 1 is 1.16 bits per heavy atom. The van der Waals surface area contributed by atoms with Crippen LogP contribution in [-0.2, 0) is 17.6 Å². The van der Waals surface area contributed by atoms with Gasteiger partial charge in [-0.05, 0) is 86.7 Å². The van der Waals surface area contributed by atoms with Crippen LogP contribution >= 0.6 is 11.3 Å². The number of anilines is 2. The van der Waals surface area contributed by atoms with Gasteiger partial charge in [0.15, 0.2) is 0 Å². The second-order valence-corrected chi connectivity index (χ2v) is 11.5. The summed E-state index contributed by atoms with van der Waals surface area (Å²) in [6.07, 6.45) is 5.22. The van der Waals surface area contributed by atoms with E-state index in [1.165, 1.54) is 4.88 Å². The van der Waals surface area contributed by atoms with E-state index < -0.39 is 0 Å². The van der Waals surface area contributed by atoms with Gasteiger partial charge in [-0.25, -0.2) is 0 Å². The first-order chi connectivity index (χ1) is 15.2. The molecule has 2 aromatic rings. The fourth-order valence-electron chi connectivity index (χ4n) is 4.88. The highest BCUT2D eigenvalue weighted by Crippen LogP contribution is 2.44. The van der Waals surface area contributed by atoms with Crippen LogP contribution in [0.5, 0.6) is 0 Å². The molecule has 2 heterocycles. The summed E-state index contributed by atoms with van der Waals surface area (Å²) in [6.45, 7) is 11.2. The van der Waals surface area contributed by atoms with E-state index in [-0.39, 0.29) is 17.2 Å².